The van der Waals surface area contributed by atoms with Gasteiger partial charge in [0, 0.05) is 6.42 Å². The summed E-state index contributed by atoms with van der Waals surface area (Å²) in [5, 5.41) is 12.6. The lowest BCUT2D eigenvalue weighted by atomic mass is 9.94. The second-order valence-corrected chi connectivity index (χ2v) is 6.07. The Hall–Kier alpha value is -2.54. The number of hydrogen-bond donors (Lipinski definition) is 2. The van der Waals surface area contributed by atoms with E-state index < -0.39 is 11.9 Å². The van der Waals surface area contributed by atoms with Gasteiger partial charge in [0.05, 0.1) is 23.5 Å². The molecule has 23 heavy (non-hydrogen) atoms. The van der Waals surface area contributed by atoms with E-state index in [0.29, 0.717) is 22.7 Å². The average Bonchev–Trinajstić information content (AvgIpc) is 3.01. The van der Waals surface area contributed by atoms with Crippen molar-refractivity contribution >= 4 is 34.5 Å². The molecule has 0 aliphatic carbocycles. The maximum Gasteiger partial charge on any atom is 0.307 e. The number of nitrogens with zero attached hydrogens (tertiary/aromatic N) is 1. The van der Waals surface area contributed by atoms with E-state index in [4.69, 9.17) is 0 Å². The van der Waals surface area contributed by atoms with Gasteiger partial charge in [0.2, 0.25) is 0 Å². The second kappa shape index (κ2) is 8.19. The molecule has 1 aromatic carbocycles. The Morgan fingerprint density at radius 1 is 1.30 bits per heavy atom. The van der Waals surface area contributed by atoms with E-state index in [1.54, 1.807) is 0 Å². The molecule has 0 aliphatic rings. The molecule has 0 fully saturated rings. The zero-order chi connectivity index (χ0) is 16.7. The summed E-state index contributed by atoms with van der Waals surface area (Å²) in [6, 6.07) is 9.22. The maximum atomic E-state index is 12.0. The third-order valence-electron chi connectivity index (χ3n) is 3.22. The standard InChI is InChI=1S/C16H16N2O4S/c19-10-14-9-18-16(23-14)17-8-13(20)7-12(15(21)22)6-11-4-2-1-3-5-11/h1-5,9-10,12H,6-8H2,(H,17,18)(H,21,22)/t12-/m1/s1. The van der Waals surface area contributed by atoms with Crippen molar-refractivity contribution < 1.29 is 19.5 Å². The first-order chi connectivity index (χ1) is 11.1. The van der Waals surface area contributed by atoms with Crippen molar-refractivity contribution in [2.24, 2.45) is 5.92 Å². The number of anilines is 1. The molecule has 120 valence electrons. The molecule has 7 heteroatoms. The highest BCUT2D eigenvalue weighted by Crippen LogP contribution is 2.17. The van der Waals surface area contributed by atoms with Crippen molar-refractivity contribution in [1.29, 1.82) is 0 Å². The lowest BCUT2D eigenvalue weighted by molar-refractivity contribution is -0.143. The Bertz CT molecular complexity index is 684. The Kier molecular flexibility index (Phi) is 5.99. The highest BCUT2D eigenvalue weighted by atomic mass is 32.1. The van der Waals surface area contributed by atoms with Gasteiger partial charge in [-0.1, -0.05) is 41.7 Å². The molecule has 0 saturated carbocycles. The minimum Gasteiger partial charge on any atom is -0.481 e. The number of carbonyl (C=O) groups is 3. The van der Waals surface area contributed by atoms with E-state index in [9.17, 15) is 19.5 Å². The lowest BCUT2D eigenvalue weighted by Gasteiger charge is -2.12. The van der Waals surface area contributed by atoms with Gasteiger partial charge in [-0.15, -0.1) is 0 Å². The van der Waals surface area contributed by atoms with Crippen LogP contribution in [0.2, 0.25) is 0 Å². The molecule has 1 aromatic heterocycles. The van der Waals surface area contributed by atoms with Gasteiger partial charge < -0.3 is 10.4 Å². The van der Waals surface area contributed by atoms with Crippen molar-refractivity contribution in [1.82, 2.24) is 4.98 Å². The van der Waals surface area contributed by atoms with Gasteiger partial charge in [0.1, 0.15) is 0 Å². The fraction of sp³-hybridized carbons (Fsp3) is 0.250. The predicted molar refractivity (Wildman–Crippen MR) is 86.9 cm³/mol. The van der Waals surface area contributed by atoms with Crippen LogP contribution in [0.5, 0.6) is 0 Å². The number of carboxylic acid groups (broad SMARTS) is 1. The van der Waals surface area contributed by atoms with Crippen molar-refractivity contribution in [3.63, 3.8) is 0 Å². The molecule has 0 aliphatic heterocycles. The number of ketones is 1. The van der Waals surface area contributed by atoms with Crippen LogP contribution in [0.3, 0.4) is 0 Å². The van der Waals surface area contributed by atoms with Gasteiger partial charge in [-0.05, 0) is 12.0 Å². The van der Waals surface area contributed by atoms with Crippen LogP contribution >= 0.6 is 11.3 Å². The largest absolute Gasteiger partial charge is 0.481 e. The molecule has 2 rings (SSSR count). The lowest BCUT2D eigenvalue weighted by Crippen LogP contribution is -2.24. The molecular weight excluding hydrogens is 316 g/mol. The summed E-state index contributed by atoms with van der Waals surface area (Å²) in [6.45, 7) is -0.00954. The van der Waals surface area contributed by atoms with Crippen molar-refractivity contribution in [2.45, 2.75) is 12.8 Å². The zero-order valence-corrected chi connectivity index (χ0v) is 13.1. The van der Waals surface area contributed by atoms with E-state index >= 15 is 0 Å². The summed E-state index contributed by atoms with van der Waals surface area (Å²) in [5.74, 6) is -1.95. The number of nitrogens with one attached hydrogen (secondary N) is 1. The smallest absolute Gasteiger partial charge is 0.307 e. The molecule has 1 heterocycles. The maximum absolute atomic E-state index is 12.0. The minimum absolute atomic E-state index is 0.00954. The molecular formula is C16H16N2O4S. The Labute approximate surface area is 137 Å². The minimum atomic E-state index is -0.986. The number of aromatic nitrogens is 1. The summed E-state index contributed by atoms with van der Waals surface area (Å²) in [6.07, 6.45) is 2.36. The highest BCUT2D eigenvalue weighted by Gasteiger charge is 2.21. The highest BCUT2D eigenvalue weighted by molar-refractivity contribution is 7.17. The molecule has 0 bridgehead atoms. The third-order valence-corrected chi connectivity index (χ3v) is 4.11. The Morgan fingerprint density at radius 2 is 2.04 bits per heavy atom. The summed E-state index contributed by atoms with van der Waals surface area (Å²) < 4.78 is 0. The molecule has 2 N–H and O–H groups in total. The van der Waals surface area contributed by atoms with E-state index in [-0.39, 0.29) is 18.7 Å². The number of aldehydes is 1. The van der Waals surface area contributed by atoms with Gasteiger partial charge >= 0.3 is 5.97 Å². The first kappa shape index (κ1) is 16.8. The molecule has 6 nitrogen and oxygen atoms in total. The number of rotatable bonds is 9. The van der Waals surface area contributed by atoms with E-state index in [1.807, 2.05) is 30.3 Å². The zero-order valence-electron chi connectivity index (χ0n) is 12.3. The van der Waals surface area contributed by atoms with Crippen LogP contribution in [-0.4, -0.2) is 34.7 Å². The Morgan fingerprint density at radius 3 is 2.65 bits per heavy atom. The monoisotopic (exact) mass is 332 g/mol. The molecule has 0 radical (unpaired) electrons. The van der Waals surface area contributed by atoms with Crippen LogP contribution < -0.4 is 5.32 Å². The number of carbonyl (C=O) groups excluding carboxylic acids is 2. The van der Waals surface area contributed by atoms with Gasteiger partial charge in [-0.3, -0.25) is 14.4 Å². The summed E-state index contributed by atoms with van der Waals surface area (Å²) in [5.41, 5.74) is 0.885. The normalized spacial score (nSPS) is 11.7. The van der Waals surface area contributed by atoms with Crippen LogP contribution in [0.25, 0.3) is 0 Å². The Balaban J connectivity index is 1.87. The molecule has 0 saturated heterocycles. The van der Waals surface area contributed by atoms with E-state index in [0.717, 1.165) is 16.9 Å². The first-order valence-corrected chi connectivity index (χ1v) is 7.83. The van der Waals surface area contributed by atoms with Crippen LogP contribution in [0.1, 0.15) is 21.7 Å². The van der Waals surface area contributed by atoms with Crippen LogP contribution in [0, 0.1) is 5.92 Å². The van der Waals surface area contributed by atoms with Gasteiger partial charge in [-0.25, -0.2) is 4.98 Å². The van der Waals surface area contributed by atoms with Gasteiger partial charge in [0.25, 0.3) is 0 Å². The SMILES string of the molecule is O=Cc1cnc(NCC(=O)C[C@@H](Cc2ccccc2)C(=O)O)s1. The average molecular weight is 332 g/mol. The fourth-order valence-electron chi connectivity index (χ4n) is 2.09. The summed E-state index contributed by atoms with van der Waals surface area (Å²) >= 11 is 1.14. The van der Waals surface area contributed by atoms with Crippen LogP contribution in [-0.2, 0) is 16.0 Å². The van der Waals surface area contributed by atoms with E-state index in [1.165, 1.54) is 6.20 Å². The fourth-order valence-corrected chi connectivity index (χ4v) is 2.72. The van der Waals surface area contributed by atoms with Crippen molar-refractivity contribution in [2.75, 3.05) is 11.9 Å². The number of Topliss-reactive ketones (excluding diaryl/α,β-unsaturated/α-hetero) is 1. The molecule has 0 unspecified atom stereocenters. The summed E-state index contributed by atoms with van der Waals surface area (Å²) in [4.78, 5) is 38.3. The molecule has 2 aromatic rings. The number of hydrogen-bond acceptors (Lipinski definition) is 6. The molecule has 0 spiro atoms. The van der Waals surface area contributed by atoms with Crippen molar-refractivity contribution in [3.8, 4) is 0 Å². The van der Waals surface area contributed by atoms with Crippen LogP contribution in [0.15, 0.2) is 36.5 Å². The van der Waals surface area contributed by atoms with Gasteiger partial charge in [0.15, 0.2) is 17.2 Å². The topological polar surface area (TPSA) is 96.4 Å². The molecule has 0 amide bonds. The quantitative estimate of drug-likeness (QED) is 0.684. The first-order valence-electron chi connectivity index (χ1n) is 7.02. The predicted octanol–water partition coefficient (Wildman–Crippen LogP) is 2.27. The number of aliphatic carboxylic acids is 1. The van der Waals surface area contributed by atoms with Gasteiger partial charge in [-0.2, -0.15) is 0 Å². The number of carboxylic acids is 1. The molecule has 1 atom stereocenters. The number of thiazole rings is 1. The third kappa shape index (κ3) is 5.30. The van der Waals surface area contributed by atoms with E-state index in [2.05, 4.69) is 10.3 Å². The van der Waals surface area contributed by atoms with Crippen LogP contribution in [0.4, 0.5) is 5.13 Å². The summed E-state index contributed by atoms with van der Waals surface area (Å²) in [7, 11) is 0. The number of benzene rings is 1. The second-order valence-electron chi connectivity index (χ2n) is 5.01. The van der Waals surface area contributed by atoms with Crippen molar-refractivity contribution in [3.05, 3.63) is 47.0 Å².